The first kappa shape index (κ1) is 14.0. The van der Waals surface area contributed by atoms with Gasteiger partial charge < -0.3 is 15.6 Å². The Kier molecular flexibility index (Phi) is 3.33. The summed E-state index contributed by atoms with van der Waals surface area (Å²) >= 11 is 0. The molecule has 2 fully saturated rings. The summed E-state index contributed by atoms with van der Waals surface area (Å²) in [6, 6.07) is 2.05. The maximum Gasteiger partial charge on any atom is 0.261 e. The molecule has 1 aromatic rings. The van der Waals surface area contributed by atoms with Crippen molar-refractivity contribution in [2.24, 2.45) is 17.6 Å². The number of likely N-dealkylation sites (tertiary alicyclic amines) is 1. The third-order valence-electron chi connectivity index (χ3n) is 5.77. The van der Waals surface area contributed by atoms with Gasteiger partial charge in [-0.1, -0.05) is 0 Å². The van der Waals surface area contributed by atoms with Gasteiger partial charge in [0.1, 0.15) is 5.56 Å². The van der Waals surface area contributed by atoms with E-state index in [4.69, 9.17) is 5.73 Å². The van der Waals surface area contributed by atoms with E-state index in [0.717, 1.165) is 56.3 Å². The molecule has 0 radical (unpaired) electrons. The Morgan fingerprint density at radius 1 is 1.23 bits per heavy atom. The summed E-state index contributed by atoms with van der Waals surface area (Å²) in [6.45, 7) is 1.47. The smallest absolute Gasteiger partial charge is 0.261 e. The average Bonchev–Trinajstić information content (AvgIpc) is 3.08. The summed E-state index contributed by atoms with van der Waals surface area (Å²) in [7, 11) is 0. The molecule has 1 saturated heterocycles. The van der Waals surface area contributed by atoms with Crippen LogP contribution in [0, 0.1) is 11.8 Å². The molecule has 4 rings (SSSR count). The van der Waals surface area contributed by atoms with Crippen molar-refractivity contribution < 1.29 is 4.79 Å². The first-order valence-electron chi connectivity index (χ1n) is 8.43. The average molecular weight is 301 g/mol. The normalized spacial score (nSPS) is 30.2. The monoisotopic (exact) mass is 301 g/mol. The lowest BCUT2D eigenvalue weighted by Crippen LogP contribution is -2.36. The predicted molar refractivity (Wildman–Crippen MR) is 83.8 cm³/mol. The number of H-pyrrole nitrogens is 1. The molecule has 3 N–H and O–H groups in total. The van der Waals surface area contributed by atoms with Crippen LogP contribution < -0.4 is 11.3 Å². The first-order valence-corrected chi connectivity index (χ1v) is 8.43. The summed E-state index contributed by atoms with van der Waals surface area (Å²) < 4.78 is 0. The van der Waals surface area contributed by atoms with Gasteiger partial charge in [-0.25, -0.2) is 0 Å². The largest absolute Gasteiger partial charge is 0.338 e. The van der Waals surface area contributed by atoms with Crippen LogP contribution in [-0.4, -0.2) is 34.9 Å². The summed E-state index contributed by atoms with van der Waals surface area (Å²) in [5, 5.41) is 0. The SMILES string of the molecule is NC1CCC2CN(C(=O)c3cc4c([nH]c3=O)CCCC4)CC12. The maximum atomic E-state index is 12.8. The van der Waals surface area contributed by atoms with E-state index in [1.165, 1.54) is 0 Å². The number of nitrogens with zero attached hydrogens (tertiary/aromatic N) is 1. The number of carbonyl (C=O) groups excluding carboxylic acids is 1. The Hall–Kier alpha value is -1.62. The van der Waals surface area contributed by atoms with Crippen LogP contribution in [0.3, 0.4) is 0 Å². The lowest BCUT2D eigenvalue weighted by atomic mass is 9.95. The summed E-state index contributed by atoms with van der Waals surface area (Å²) in [5.74, 6) is 0.826. The summed E-state index contributed by atoms with van der Waals surface area (Å²) in [4.78, 5) is 29.8. The maximum absolute atomic E-state index is 12.8. The molecule has 22 heavy (non-hydrogen) atoms. The predicted octanol–water partition coefficient (Wildman–Crippen LogP) is 1.06. The van der Waals surface area contributed by atoms with E-state index in [0.29, 0.717) is 23.9 Å². The van der Waals surface area contributed by atoms with Gasteiger partial charge >= 0.3 is 0 Å². The minimum absolute atomic E-state index is 0.115. The minimum Gasteiger partial charge on any atom is -0.338 e. The fourth-order valence-electron chi connectivity index (χ4n) is 4.48. The van der Waals surface area contributed by atoms with Gasteiger partial charge in [0.05, 0.1) is 0 Å². The van der Waals surface area contributed by atoms with E-state index in [2.05, 4.69) is 4.98 Å². The van der Waals surface area contributed by atoms with Gasteiger partial charge in [-0.3, -0.25) is 9.59 Å². The van der Waals surface area contributed by atoms with E-state index < -0.39 is 0 Å². The number of aryl methyl sites for hydroxylation is 2. The number of fused-ring (bicyclic) bond motifs is 2. The fraction of sp³-hybridized carbons (Fsp3) is 0.647. The van der Waals surface area contributed by atoms with E-state index in [-0.39, 0.29) is 17.5 Å². The van der Waals surface area contributed by atoms with Crippen molar-refractivity contribution in [3.05, 3.63) is 33.2 Å². The van der Waals surface area contributed by atoms with Crippen LogP contribution in [0.2, 0.25) is 0 Å². The molecule has 0 spiro atoms. The number of rotatable bonds is 1. The second kappa shape index (κ2) is 5.23. The standard InChI is InChI=1S/C17H23N3O2/c18-14-6-5-11-8-20(9-13(11)14)17(22)12-7-10-3-1-2-4-15(10)19-16(12)21/h7,11,13-14H,1-6,8-9,18H2,(H,19,21). The molecule has 1 aliphatic heterocycles. The highest BCUT2D eigenvalue weighted by Gasteiger charge is 2.43. The fourth-order valence-corrected chi connectivity index (χ4v) is 4.48. The van der Waals surface area contributed by atoms with E-state index >= 15 is 0 Å². The van der Waals surface area contributed by atoms with Crippen molar-refractivity contribution >= 4 is 5.91 Å². The second-order valence-corrected chi connectivity index (χ2v) is 7.10. The van der Waals surface area contributed by atoms with Gasteiger partial charge in [-0.05, 0) is 62.0 Å². The molecule has 2 heterocycles. The number of hydrogen-bond acceptors (Lipinski definition) is 3. The van der Waals surface area contributed by atoms with E-state index in [9.17, 15) is 9.59 Å². The van der Waals surface area contributed by atoms with Gasteiger partial charge in [-0.15, -0.1) is 0 Å². The lowest BCUT2D eigenvalue weighted by molar-refractivity contribution is 0.0777. The second-order valence-electron chi connectivity index (χ2n) is 7.10. The molecule has 3 atom stereocenters. The van der Waals surface area contributed by atoms with Crippen molar-refractivity contribution in [2.75, 3.05) is 13.1 Å². The van der Waals surface area contributed by atoms with Crippen LogP contribution >= 0.6 is 0 Å². The quantitative estimate of drug-likeness (QED) is 0.814. The van der Waals surface area contributed by atoms with Crippen molar-refractivity contribution in [3.8, 4) is 0 Å². The van der Waals surface area contributed by atoms with Crippen LogP contribution in [0.4, 0.5) is 0 Å². The molecule has 118 valence electrons. The first-order chi connectivity index (χ1) is 10.6. The molecular formula is C17H23N3O2. The number of aromatic amines is 1. The Balaban J connectivity index is 1.60. The lowest BCUT2D eigenvalue weighted by Gasteiger charge is -2.20. The van der Waals surface area contributed by atoms with E-state index in [1.54, 1.807) is 0 Å². The molecule has 2 aliphatic carbocycles. The number of aromatic nitrogens is 1. The topological polar surface area (TPSA) is 79.2 Å². The zero-order valence-corrected chi connectivity index (χ0v) is 12.8. The van der Waals surface area contributed by atoms with Crippen LogP contribution in [0.1, 0.15) is 47.3 Å². The Labute approximate surface area is 129 Å². The molecular weight excluding hydrogens is 278 g/mol. The number of carbonyl (C=O) groups is 1. The number of nitrogens with two attached hydrogens (primary N) is 1. The molecule has 5 heteroatoms. The molecule has 3 aliphatic rings. The highest BCUT2D eigenvalue weighted by molar-refractivity contribution is 5.94. The van der Waals surface area contributed by atoms with Crippen LogP contribution in [-0.2, 0) is 12.8 Å². The van der Waals surface area contributed by atoms with Crippen LogP contribution in [0.15, 0.2) is 10.9 Å². The van der Waals surface area contributed by atoms with Crippen molar-refractivity contribution in [1.29, 1.82) is 0 Å². The van der Waals surface area contributed by atoms with Gasteiger partial charge in [0.2, 0.25) is 0 Å². The van der Waals surface area contributed by atoms with E-state index in [1.807, 2.05) is 11.0 Å². The minimum atomic E-state index is -0.230. The molecule has 0 bridgehead atoms. The van der Waals surface area contributed by atoms with Gasteiger partial charge in [-0.2, -0.15) is 0 Å². The van der Waals surface area contributed by atoms with Crippen molar-refractivity contribution in [2.45, 2.75) is 44.6 Å². The number of amides is 1. The molecule has 1 amide bonds. The van der Waals surface area contributed by atoms with Crippen molar-refractivity contribution in [3.63, 3.8) is 0 Å². The highest BCUT2D eigenvalue weighted by Crippen LogP contribution is 2.37. The van der Waals surface area contributed by atoms with Crippen LogP contribution in [0.25, 0.3) is 0 Å². The van der Waals surface area contributed by atoms with Crippen LogP contribution in [0.5, 0.6) is 0 Å². The van der Waals surface area contributed by atoms with Crippen molar-refractivity contribution in [1.82, 2.24) is 9.88 Å². The van der Waals surface area contributed by atoms with Gasteiger partial charge in [0.25, 0.3) is 11.5 Å². The van der Waals surface area contributed by atoms with Gasteiger partial charge in [0, 0.05) is 24.8 Å². The Bertz CT molecular complexity index is 666. The molecule has 1 aromatic heterocycles. The third-order valence-corrected chi connectivity index (χ3v) is 5.77. The summed E-state index contributed by atoms with van der Waals surface area (Å²) in [6.07, 6.45) is 6.30. The van der Waals surface area contributed by atoms with Gasteiger partial charge in [0.15, 0.2) is 0 Å². The molecule has 5 nitrogen and oxygen atoms in total. The molecule has 0 aromatic carbocycles. The number of nitrogens with one attached hydrogen (secondary N) is 1. The highest BCUT2D eigenvalue weighted by atomic mass is 16.2. The number of pyridine rings is 1. The number of hydrogen-bond donors (Lipinski definition) is 2. The summed E-state index contributed by atoms with van der Waals surface area (Å²) in [5.41, 5.74) is 8.39. The molecule has 3 unspecified atom stereocenters. The Morgan fingerprint density at radius 3 is 2.86 bits per heavy atom. The zero-order chi connectivity index (χ0) is 15.3. The third kappa shape index (κ3) is 2.19. The Morgan fingerprint density at radius 2 is 2.05 bits per heavy atom. The zero-order valence-electron chi connectivity index (χ0n) is 12.8. The molecule has 1 saturated carbocycles.